The number of aliphatic hydroxyl groups is 1. The van der Waals surface area contributed by atoms with Gasteiger partial charge in [0.1, 0.15) is 0 Å². The van der Waals surface area contributed by atoms with E-state index < -0.39 is 0 Å². The lowest BCUT2D eigenvalue weighted by atomic mass is 9.69. The molecule has 3 rings (SSSR count). The summed E-state index contributed by atoms with van der Waals surface area (Å²) in [5.74, 6) is 1.50. The van der Waals surface area contributed by atoms with E-state index in [-0.39, 0.29) is 17.6 Å². The molecule has 20 heavy (non-hydrogen) atoms. The van der Waals surface area contributed by atoms with Crippen LogP contribution in [0.25, 0.3) is 0 Å². The highest BCUT2D eigenvalue weighted by atomic mass is 16.5. The molecular formula is C16H21NO3. The van der Waals surface area contributed by atoms with Crippen molar-refractivity contribution in [1.29, 1.82) is 0 Å². The second-order valence-corrected chi connectivity index (χ2v) is 5.53. The third-order valence-corrected chi connectivity index (χ3v) is 4.57. The van der Waals surface area contributed by atoms with Crippen molar-refractivity contribution in [1.82, 2.24) is 5.32 Å². The summed E-state index contributed by atoms with van der Waals surface area (Å²) in [4.78, 5) is 0. The van der Waals surface area contributed by atoms with Gasteiger partial charge in [0.15, 0.2) is 11.5 Å². The molecule has 1 aliphatic heterocycles. The van der Waals surface area contributed by atoms with Crippen molar-refractivity contribution in [3.8, 4) is 11.5 Å². The van der Waals surface area contributed by atoms with Crippen molar-refractivity contribution in [2.45, 2.75) is 30.4 Å². The van der Waals surface area contributed by atoms with Gasteiger partial charge in [0, 0.05) is 11.5 Å². The molecule has 0 aromatic heterocycles. The zero-order chi connectivity index (χ0) is 14.2. The molecule has 108 valence electrons. The molecule has 1 aliphatic carbocycles. The van der Waals surface area contributed by atoms with Crippen LogP contribution in [0.5, 0.6) is 11.5 Å². The van der Waals surface area contributed by atoms with Gasteiger partial charge in [0.2, 0.25) is 0 Å². The molecule has 1 saturated heterocycles. The molecule has 2 aliphatic rings. The van der Waals surface area contributed by atoms with Gasteiger partial charge in [-0.2, -0.15) is 0 Å². The van der Waals surface area contributed by atoms with Crippen LogP contribution in [0.15, 0.2) is 30.4 Å². The summed E-state index contributed by atoms with van der Waals surface area (Å²) in [6.45, 7) is 0.968. The summed E-state index contributed by atoms with van der Waals surface area (Å²) in [5.41, 5.74) is 1.17. The molecule has 1 fully saturated rings. The Morgan fingerprint density at radius 1 is 1.25 bits per heavy atom. The molecule has 1 aromatic carbocycles. The van der Waals surface area contributed by atoms with E-state index in [4.69, 9.17) is 9.47 Å². The number of fused-ring (bicyclic) bond motifs is 1. The van der Waals surface area contributed by atoms with Crippen molar-refractivity contribution in [3.05, 3.63) is 35.9 Å². The third kappa shape index (κ3) is 2.00. The Labute approximate surface area is 119 Å². The maximum Gasteiger partial charge on any atom is 0.161 e. The Kier molecular flexibility index (Phi) is 3.44. The van der Waals surface area contributed by atoms with E-state index in [0.717, 1.165) is 30.9 Å². The van der Waals surface area contributed by atoms with E-state index in [0.29, 0.717) is 0 Å². The molecule has 0 amide bonds. The molecule has 0 radical (unpaired) electrons. The monoisotopic (exact) mass is 275 g/mol. The lowest BCUT2D eigenvalue weighted by Crippen LogP contribution is -2.43. The topological polar surface area (TPSA) is 50.7 Å². The zero-order valence-corrected chi connectivity index (χ0v) is 11.9. The van der Waals surface area contributed by atoms with E-state index in [9.17, 15) is 5.11 Å². The molecule has 1 heterocycles. The molecular weight excluding hydrogens is 254 g/mol. The molecule has 0 bridgehead atoms. The first-order valence-electron chi connectivity index (χ1n) is 7.03. The third-order valence-electron chi connectivity index (χ3n) is 4.57. The molecule has 2 N–H and O–H groups in total. The zero-order valence-electron chi connectivity index (χ0n) is 11.9. The van der Waals surface area contributed by atoms with Crippen LogP contribution in [0.3, 0.4) is 0 Å². The van der Waals surface area contributed by atoms with Gasteiger partial charge in [0.05, 0.1) is 20.3 Å². The molecule has 4 nitrogen and oxygen atoms in total. The van der Waals surface area contributed by atoms with Crippen molar-refractivity contribution < 1.29 is 14.6 Å². The Balaban J connectivity index is 2.05. The van der Waals surface area contributed by atoms with Crippen molar-refractivity contribution in [2.75, 3.05) is 20.8 Å². The highest BCUT2D eigenvalue weighted by Crippen LogP contribution is 2.44. The summed E-state index contributed by atoms with van der Waals surface area (Å²) >= 11 is 0. The average Bonchev–Trinajstić information content (AvgIpc) is 2.90. The van der Waals surface area contributed by atoms with E-state index in [2.05, 4.69) is 23.5 Å². The van der Waals surface area contributed by atoms with Crippen LogP contribution < -0.4 is 14.8 Å². The van der Waals surface area contributed by atoms with Crippen LogP contribution in [-0.2, 0) is 5.41 Å². The first kappa shape index (κ1) is 13.5. The summed E-state index contributed by atoms with van der Waals surface area (Å²) in [5, 5.41) is 13.3. The van der Waals surface area contributed by atoms with E-state index in [1.165, 1.54) is 5.56 Å². The second-order valence-electron chi connectivity index (χ2n) is 5.53. The van der Waals surface area contributed by atoms with Gasteiger partial charge in [0.25, 0.3) is 0 Å². The first-order valence-corrected chi connectivity index (χ1v) is 7.03. The first-order chi connectivity index (χ1) is 9.69. The van der Waals surface area contributed by atoms with Crippen LogP contribution in [0, 0.1) is 0 Å². The van der Waals surface area contributed by atoms with E-state index in [1.54, 1.807) is 14.2 Å². The fourth-order valence-corrected chi connectivity index (χ4v) is 3.47. The van der Waals surface area contributed by atoms with Gasteiger partial charge >= 0.3 is 0 Å². The standard InChI is InChI=1S/C16H21NO3/c1-19-13-4-3-11(9-14(13)20-2)16-6-5-12(18)10-15(16)17-8-7-16/h3-6,9,12,15,17-18H,7-8,10H2,1-2H3/t12-,15+,16+/m1/s1. The van der Waals surface area contributed by atoms with Crippen molar-refractivity contribution >= 4 is 0 Å². The fraction of sp³-hybridized carbons (Fsp3) is 0.500. The van der Waals surface area contributed by atoms with Crippen LogP contribution >= 0.6 is 0 Å². The Hall–Kier alpha value is -1.52. The summed E-state index contributed by atoms with van der Waals surface area (Å²) in [7, 11) is 3.30. The maximum absolute atomic E-state index is 9.83. The quantitative estimate of drug-likeness (QED) is 0.823. The summed E-state index contributed by atoms with van der Waals surface area (Å²) in [6, 6.07) is 6.39. The number of hydrogen-bond acceptors (Lipinski definition) is 4. The van der Waals surface area contributed by atoms with Crippen molar-refractivity contribution in [3.63, 3.8) is 0 Å². The molecule has 3 atom stereocenters. The van der Waals surface area contributed by atoms with Gasteiger partial charge in [-0.3, -0.25) is 0 Å². The maximum atomic E-state index is 9.83. The van der Waals surface area contributed by atoms with Crippen LogP contribution in [-0.4, -0.2) is 38.0 Å². The van der Waals surface area contributed by atoms with Gasteiger partial charge < -0.3 is 19.9 Å². The number of methoxy groups -OCH3 is 2. The Bertz CT molecular complexity index is 528. The van der Waals surface area contributed by atoms with Crippen LogP contribution in [0.4, 0.5) is 0 Å². The van der Waals surface area contributed by atoms with Gasteiger partial charge in [-0.25, -0.2) is 0 Å². The summed E-state index contributed by atoms with van der Waals surface area (Å²) in [6.07, 6.45) is 5.52. The number of nitrogens with one attached hydrogen (secondary N) is 1. The van der Waals surface area contributed by atoms with Crippen molar-refractivity contribution in [2.24, 2.45) is 0 Å². The minimum atomic E-state index is -0.348. The van der Waals surface area contributed by atoms with E-state index >= 15 is 0 Å². The highest BCUT2D eigenvalue weighted by Gasteiger charge is 2.45. The normalized spacial score (nSPS) is 31.9. The highest BCUT2D eigenvalue weighted by molar-refractivity contribution is 5.48. The largest absolute Gasteiger partial charge is 0.493 e. The number of rotatable bonds is 3. The number of benzene rings is 1. The van der Waals surface area contributed by atoms with Gasteiger partial charge in [-0.15, -0.1) is 0 Å². The molecule has 4 heteroatoms. The van der Waals surface area contributed by atoms with Gasteiger partial charge in [-0.1, -0.05) is 18.2 Å². The minimum Gasteiger partial charge on any atom is -0.493 e. The molecule has 1 aromatic rings. The lowest BCUT2D eigenvalue weighted by Gasteiger charge is -2.37. The Morgan fingerprint density at radius 2 is 2.05 bits per heavy atom. The summed E-state index contributed by atoms with van der Waals surface area (Å²) < 4.78 is 10.7. The predicted molar refractivity (Wildman–Crippen MR) is 77.4 cm³/mol. The van der Waals surface area contributed by atoms with E-state index in [1.807, 2.05) is 12.1 Å². The average molecular weight is 275 g/mol. The predicted octanol–water partition coefficient (Wildman–Crippen LogP) is 1.62. The number of hydrogen-bond donors (Lipinski definition) is 2. The molecule has 0 unspecified atom stereocenters. The number of aliphatic hydroxyl groups excluding tert-OH is 1. The van der Waals surface area contributed by atoms with Gasteiger partial charge in [-0.05, 0) is 37.1 Å². The Morgan fingerprint density at radius 3 is 2.80 bits per heavy atom. The van der Waals surface area contributed by atoms with Crippen LogP contribution in [0.2, 0.25) is 0 Å². The lowest BCUT2D eigenvalue weighted by molar-refractivity contribution is 0.175. The molecule has 0 saturated carbocycles. The SMILES string of the molecule is COc1ccc([C@@]23C=C[C@@H](O)C[C@@H]2NCC3)cc1OC. The second kappa shape index (κ2) is 5.11. The van der Waals surface area contributed by atoms with Crippen LogP contribution in [0.1, 0.15) is 18.4 Å². The minimum absolute atomic E-state index is 0.0429. The molecule has 0 spiro atoms. The smallest absolute Gasteiger partial charge is 0.161 e. The number of ether oxygens (including phenoxy) is 2. The fourth-order valence-electron chi connectivity index (χ4n) is 3.47.